The average molecular weight is 536 g/mol. The van der Waals surface area contributed by atoms with Crippen molar-refractivity contribution in [2.45, 2.75) is 132 Å². The first-order chi connectivity index (χ1) is 18.5. The Kier molecular flexibility index (Phi) is 11.4. The van der Waals surface area contributed by atoms with Gasteiger partial charge in [0, 0.05) is 18.0 Å². The zero-order valence-corrected chi connectivity index (χ0v) is 26.0. The van der Waals surface area contributed by atoms with E-state index in [0.717, 1.165) is 59.5 Å². The van der Waals surface area contributed by atoms with E-state index in [1.54, 1.807) is 24.5 Å². The molecule has 2 aromatic rings. The van der Waals surface area contributed by atoms with Crippen LogP contribution in [-0.4, -0.2) is 16.6 Å². The van der Waals surface area contributed by atoms with Crippen LogP contribution in [0.15, 0.2) is 24.5 Å². The number of carbonyl (C=O) groups excluding carboxylic acids is 1. The molecule has 0 saturated carbocycles. The van der Waals surface area contributed by atoms with Crippen LogP contribution in [0.25, 0.3) is 0 Å². The Balaban J connectivity index is 1.51. The topological polar surface area (TPSA) is 48.4 Å². The summed E-state index contributed by atoms with van der Waals surface area (Å²) in [6.45, 7) is 18.0. The van der Waals surface area contributed by atoms with E-state index in [2.05, 4.69) is 53.5 Å². The SMILES string of the molecule is Cc1c(C)c2c(c(C)c1OC(=O)c1cccnc1)CCC(C)(CCCC(C)CCCC(C)CCCC(C)C)O2. The minimum atomic E-state index is -0.370. The Morgan fingerprint density at radius 1 is 0.949 bits per heavy atom. The first-order valence-electron chi connectivity index (χ1n) is 15.4. The van der Waals surface area contributed by atoms with Crippen LogP contribution in [0.5, 0.6) is 11.5 Å². The molecule has 0 saturated heterocycles. The molecular weight excluding hydrogens is 482 g/mol. The van der Waals surface area contributed by atoms with E-state index >= 15 is 0 Å². The summed E-state index contributed by atoms with van der Waals surface area (Å²) < 4.78 is 12.6. The van der Waals surface area contributed by atoms with Gasteiger partial charge in [0.1, 0.15) is 17.1 Å². The van der Waals surface area contributed by atoms with Crippen molar-refractivity contribution in [1.82, 2.24) is 4.98 Å². The van der Waals surface area contributed by atoms with Crippen molar-refractivity contribution < 1.29 is 14.3 Å². The van der Waals surface area contributed by atoms with Crippen molar-refractivity contribution in [2.24, 2.45) is 17.8 Å². The molecular formula is C35H53NO3. The smallest absolute Gasteiger partial charge is 0.345 e. The van der Waals surface area contributed by atoms with Crippen molar-refractivity contribution in [1.29, 1.82) is 0 Å². The molecule has 0 N–H and O–H groups in total. The number of pyridine rings is 1. The number of ether oxygens (including phenoxy) is 2. The highest BCUT2D eigenvalue weighted by Crippen LogP contribution is 2.45. The van der Waals surface area contributed by atoms with Crippen LogP contribution in [0.4, 0.5) is 0 Å². The Morgan fingerprint density at radius 2 is 1.59 bits per heavy atom. The molecule has 3 rings (SSSR count). The Hall–Kier alpha value is -2.36. The minimum absolute atomic E-state index is 0.144. The van der Waals surface area contributed by atoms with Gasteiger partial charge in [-0.3, -0.25) is 4.98 Å². The molecule has 0 aliphatic carbocycles. The lowest BCUT2D eigenvalue weighted by molar-refractivity contribution is 0.0508. The molecule has 0 spiro atoms. The van der Waals surface area contributed by atoms with E-state index in [0.29, 0.717) is 11.3 Å². The molecule has 1 aromatic carbocycles. The predicted octanol–water partition coefficient (Wildman–Crippen LogP) is 9.75. The second-order valence-corrected chi connectivity index (χ2v) is 13.1. The molecule has 3 atom stereocenters. The van der Waals surface area contributed by atoms with Crippen LogP contribution in [-0.2, 0) is 6.42 Å². The molecule has 0 radical (unpaired) electrons. The third kappa shape index (κ3) is 8.82. The van der Waals surface area contributed by atoms with Gasteiger partial charge in [-0.25, -0.2) is 4.79 Å². The van der Waals surface area contributed by atoms with Gasteiger partial charge >= 0.3 is 5.97 Å². The fourth-order valence-electron chi connectivity index (χ4n) is 6.05. The van der Waals surface area contributed by atoms with Crippen LogP contribution in [0.2, 0.25) is 0 Å². The number of hydrogen-bond acceptors (Lipinski definition) is 4. The third-order valence-corrected chi connectivity index (χ3v) is 8.93. The van der Waals surface area contributed by atoms with Gasteiger partial charge < -0.3 is 9.47 Å². The number of fused-ring (bicyclic) bond motifs is 1. The first kappa shape index (κ1) is 31.2. The second kappa shape index (κ2) is 14.3. The summed E-state index contributed by atoms with van der Waals surface area (Å²) in [4.78, 5) is 16.8. The highest BCUT2D eigenvalue weighted by Gasteiger charge is 2.35. The first-order valence-corrected chi connectivity index (χ1v) is 15.4. The number of aromatic nitrogens is 1. The summed E-state index contributed by atoms with van der Waals surface area (Å²) >= 11 is 0. The van der Waals surface area contributed by atoms with E-state index in [1.807, 2.05) is 6.92 Å². The zero-order valence-electron chi connectivity index (χ0n) is 26.0. The number of benzene rings is 1. The summed E-state index contributed by atoms with van der Waals surface area (Å²) in [5.74, 6) is 3.76. The zero-order chi connectivity index (χ0) is 28.6. The molecule has 1 aliphatic rings. The van der Waals surface area contributed by atoms with E-state index in [-0.39, 0.29) is 11.6 Å². The summed E-state index contributed by atoms with van der Waals surface area (Å²) in [5, 5.41) is 0. The maximum absolute atomic E-state index is 12.7. The lowest BCUT2D eigenvalue weighted by Gasteiger charge is -2.38. The number of hydrogen-bond donors (Lipinski definition) is 0. The molecule has 0 bridgehead atoms. The van der Waals surface area contributed by atoms with E-state index in [4.69, 9.17) is 9.47 Å². The van der Waals surface area contributed by atoms with Crippen molar-refractivity contribution in [3.63, 3.8) is 0 Å². The Bertz CT molecular complexity index is 1080. The van der Waals surface area contributed by atoms with Gasteiger partial charge in [-0.05, 0) is 100.0 Å². The normalized spacial score (nSPS) is 18.4. The van der Waals surface area contributed by atoms with Crippen LogP contribution in [0.3, 0.4) is 0 Å². The van der Waals surface area contributed by atoms with Crippen molar-refractivity contribution in [3.8, 4) is 11.5 Å². The van der Waals surface area contributed by atoms with Gasteiger partial charge in [0.25, 0.3) is 0 Å². The maximum atomic E-state index is 12.7. The molecule has 0 amide bonds. The third-order valence-electron chi connectivity index (χ3n) is 8.93. The van der Waals surface area contributed by atoms with E-state index in [9.17, 15) is 4.79 Å². The number of rotatable bonds is 14. The summed E-state index contributed by atoms with van der Waals surface area (Å²) in [6.07, 6.45) is 16.9. The van der Waals surface area contributed by atoms with Gasteiger partial charge in [-0.1, -0.05) is 72.6 Å². The molecule has 4 heteroatoms. The van der Waals surface area contributed by atoms with Gasteiger partial charge in [0.15, 0.2) is 0 Å². The fraction of sp³-hybridized carbons (Fsp3) is 0.657. The molecule has 1 aliphatic heterocycles. The minimum Gasteiger partial charge on any atom is -0.487 e. The summed E-state index contributed by atoms with van der Waals surface area (Å²) in [5.41, 5.74) is 4.56. The van der Waals surface area contributed by atoms with E-state index < -0.39 is 0 Å². The molecule has 216 valence electrons. The highest BCUT2D eigenvalue weighted by atomic mass is 16.5. The molecule has 39 heavy (non-hydrogen) atoms. The van der Waals surface area contributed by atoms with Gasteiger partial charge in [-0.2, -0.15) is 0 Å². The largest absolute Gasteiger partial charge is 0.487 e. The maximum Gasteiger partial charge on any atom is 0.345 e. The van der Waals surface area contributed by atoms with Crippen molar-refractivity contribution in [3.05, 3.63) is 52.3 Å². The number of esters is 1. The van der Waals surface area contributed by atoms with Crippen LogP contribution in [0, 0.1) is 38.5 Å². The molecule has 2 heterocycles. The Labute approximate surface area is 238 Å². The quantitative estimate of drug-likeness (QED) is 0.178. The van der Waals surface area contributed by atoms with Gasteiger partial charge in [0.2, 0.25) is 0 Å². The standard InChI is InChI=1S/C35H53NO3/c1-24(2)13-9-14-25(3)15-10-16-26(4)17-11-20-35(8)21-19-31-29(7)32(27(5)28(6)33(31)39-35)38-34(37)30-18-12-22-36-23-30/h12,18,22-26H,9-11,13-17,19-21H2,1-8H3. The van der Waals surface area contributed by atoms with E-state index in [1.165, 1.54) is 56.9 Å². The highest BCUT2D eigenvalue weighted by molar-refractivity contribution is 5.91. The average Bonchev–Trinajstić information content (AvgIpc) is 2.90. The van der Waals surface area contributed by atoms with Gasteiger partial charge in [0.05, 0.1) is 5.56 Å². The summed E-state index contributed by atoms with van der Waals surface area (Å²) in [7, 11) is 0. The predicted molar refractivity (Wildman–Crippen MR) is 162 cm³/mol. The van der Waals surface area contributed by atoms with Crippen LogP contribution in [0.1, 0.15) is 131 Å². The molecule has 3 unspecified atom stereocenters. The molecule has 4 nitrogen and oxygen atoms in total. The van der Waals surface area contributed by atoms with Crippen LogP contribution >= 0.6 is 0 Å². The lowest BCUT2D eigenvalue weighted by Crippen LogP contribution is -2.37. The van der Waals surface area contributed by atoms with Crippen molar-refractivity contribution >= 4 is 5.97 Å². The number of nitrogens with zero attached hydrogens (tertiary/aromatic N) is 1. The monoisotopic (exact) mass is 535 g/mol. The molecule has 1 aromatic heterocycles. The molecule has 0 fully saturated rings. The fourth-order valence-corrected chi connectivity index (χ4v) is 6.05. The lowest BCUT2D eigenvalue weighted by atomic mass is 9.83. The second-order valence-electron chi connectivity index (χ2n) is 13.1. The van der Waals surface area contributed by atoms with Crippen molar-refractivity contribution in [2.75, 3.05) is 0 Å². The summed E-state index contributed by atoms with van der Waals surface area (Å²) in [6, 6.07) is 3.48. The Morgan fingerprint density at radius 3 is 2.21 bits per heavy atom. The van der Waals surface area contributed by atoms with Crippen LogP contribution < -0.4 is 9.47 Å². The van der Waals surface area contributed by atoms with Gasteiger partial charge in [-0.15, -0.1) is 0 Å². The number of carbonyl (C=O) groups is 1.